The minimum Gasteiger partial charge on any atom is -0.255 e. The van der Waals surface area contributed by atoms with Crippen molar-refractivity contribution in [2.75, 3.05) is 0 Å². The van der Waals surface area contributed by atoms with E-state index < -0.39 is 6.43 Å². The Balaban J connectivity index is 2.86. The van der Waals surface area contributed by atoms with Crippen LogP contribution in [-0.2, 0) is 0 Å². The monoisotopic (exact) mass is 171 g/mol. The van der Waals surface area contributed by atoms with Crippen molar-refractivity contribution in [3.8, 4) is 0 Å². The third-order valence-corrected chi connectivity index (χ3v) is 1.70. The van der Waals surface area contributed by atoms with E-state index in [4.69, 9.17) is 0 Å². The molecule has 0 spiro atoms. The number of hydrogen-bond acceptors (Lipinski definition) is 1. The molecule has 0 aliphatic carbocycles. The molecule has 0 fully saturated rings. The molecular formula is C9H11F2N. The van der Waals surface area contributed by atoms with E-state index in [0.29, 0.717) is 5.92 Å². The summed E-state index contributed by atoms with van der Waals surface area (Å²) in [6, 6.07) is 3.07. The first kappa shape index (κ1) is 9.10. The Kier molecular flexibility index (Phi) is 2.74. The van der Waals surface area contributed by atoms with Gasteiger partial charge in [0.05, 0.1) is 0 Å². The van der Waals surface area contributed by atoms with Crippen LogP contribution < -0.4 is 0 Å². The molecule has 0 amide bonds. The van der Waals surface area contributed by atoms with Gasteiger partial charge in [-0.1, -0.05) is 19.9 Å². The lowest BCUT2D eigenvalue weighted by molar-refractivity contribution is 0.146. The zero-order valence-corrected chi connectivity index (χ0v) is 7.09. The lowest BCUT2D eigenvalue weighted by atomic mass is 10.1. The van der Waals surface area contributed by atoms with Crippen LogP contribution in [0, 0.1) is 0 Å². The maximum atomic E-state index is 12.0. The predicted octanol–water partition coefficient (Wildman–Crippen LogP) is 3.14. The van der Waals surface area contributed by atoms with Crippen molar-refractivity contribution >= 4 is 0 Å². The second-order valence-corrected chi connectivity index (χ2v) is 2.97. The van der Waals surface area contributed by atoms with Gasteiger partial charge in [-0.3, -0.25) is 4.98 Å². The zero-order valence-electron chi connectivity index (χ0n) is 7.09. The number of alkyl halides is 2. The summed E-state index contributed by atoms with van der Waals surface area (Å²) in [6.45, 7) is 4.00. The minimum absolute atomic E-state index is 0.153. The second kappa shape index (κ2) is 3.61. The van der Waals surface area contributed by atoms with Crippen LogP contribution in [0.1, 0.15) is 37.4 Å². The molecule has 0 unspecified atom stereocenters. The lowest BCUT2D eigenvalue weighted by Gasteiger charge is -2.04. The van der Waals surface area contributed by atoms with Crippen LogP contribution in [0.2, 0.25) is 0 Å². The maximum Gasteiger partial charge on any atom is 0.280 e. The van der Waals surface area contributed by atoms with E-state index in [1.54, 1.807) is 6.07 Å². The van der Waals surface area contributed by atoms with Gasteiger partial charge < -0.3 is 0 Å². The topological polar surface area (TPSA) is 12.9 Å². The van der Waals surface area contributed by atoms with Crippen molar-refractivity contribution < 1.29 is 8.78 Å². The molecular weight excluding hydrogens is 160 g/mol. The van der Waals surface area contributed by atoms with Gasteiger partial charge in [-0.2, -0.15) is 0 Å². The van der Waals surface area contributed by atoms with E-state index in [1.165, 1.54) is 12.3 Å². The third kappa shape index (κ3) is 2.00. The van der Waals surface area contributed by atoms with Crippen molar-refractivity contribution in [2.24, 2.45) is 0 Å². The zero-order chi connectivity index (χ0) is 9.14. The number of aromatic nitrogens is 1. The molecule has 0 radical (unpaired) electrons. The average Bonchev–Trinajstić information content (AvgIpc) is 2.04. The fourth-order valence-electron chi connectivity index (χ4n) is 0.887. The fraction of sp³-hybridized carbons (Fsp3) is 0.444. The van der Waals surface area contributed by atoms with Gasteiger partial charge in [0.2, 0.25) is 0 Å². The summed E-state index contributed by atoms with van der Waals surface area (Å²) in [4.78, 5) is 3.65. The van der Waals surface area contributed by atoms with Crippen molar-refractivity contribution in [3.05, 3.63) is 29.6 Å². The van der Waals surface area contributed by atoms with E-state index in [1.807, 2.05) is 13.8 Å². The van der Waals surface area contributed by atoms with Crippen LogP contribution in [-0.4, -0.2) is 4.98 Å². The molecule has 1 nitrogen and oxygen atoms in total. The Labute approximate surface area is 70.4 Å². The van der Waals surface area contributed by atoms with Crippen molar-refractivity contribution in [1.29, 1.82) is 0 Å². The van der Waals surface area contributed by atoms with Crippen LogP contribution in [0.15, 0.2) is 18.3 Å². The first-order valence-corrected chi connectivity index (χ1v) is 3.85. The minimum atomic E-state index is -2.47. The van der Waals surface area contributed by atoms with E-state index in [2.05, 4.69) is 4.98 Å². The standard InChI is InChI=1S/C9H11F2N/c1-6(2)7-3-4-8(9(10)11)12-5-7/h3-6,9H,1-2H3. The van der Waals surface area contributed by atoms with E-state index in [-0.39, 0.29) is 5.69 Å². The SMILES string of the molecule is CC(C)c1ccc(C(F)F)nc1. The van der Waals surface area contributed by atoms with E-state index in [9.17, 15) is 8.78 Å². The molecule has 1 aromatic rings. The quantitative estimate of drug-likeness (QED) is 0.666. The van der Waals surface area contributed by atoms with Gasteiger partial charge >= 0.3 is 0 Å². The number of halogens is 2. The number of rotatable bonds is 2. The first-order chi connectivity index (χ1) is 5.61. The van der Waals surface area contributed by atoms with Gasteiger partial charge in [0.25, 0.3) is 6.43 Å². The first-order valence-electron chi connectivity index (χ1n) is 3.85. The van der Waals surface area contributed by atoms with Crippen LogP contribution >= 0.6 is 0 Å². The Hall–Kier alpha value is -0.990. The molecule has 3 heteroatoms. The highest BCUT2D eigenvalue weighted by Gasteiger charge is 2.08. The molecule has 0 N–H and O–H groups in total. The summed E-state index contributed by atoms with van der Waals surface area (Å²) in [5, 5.41) is 0. The van der Waals surface area contributed by atoms with Gasteiger partial charge in [-0.25, -0.2) is 8.78 Å². The Morgan fingerprint density at radius 1 is 1.25 bits per heavy atom. The highest BCUT2D eigenvalue weighted by Crippen LogP contribution is 2.18. The average molecular weight is 171 g/mol. The van der Waals surface area contributed by atoms with E-state index in [0.717, 1.165) is 5.56 Å². The normalized spacial score (nSPS) is 11.2. The molecule has 0 atom stereocenters. The predicted molar refractivity (Wildman–Crippen MR) is 43.3 cm³/mol. The Morgan fingerprint density at radius 3 is 2.25 bits per heavy atom. The number of hydrogen-bond donors (Lipinski definition) is 0. The molecule has 1 rings (SSSR count). The smallest absolute Gasteiger partial charge is 0.255 e. The largest absolute Gasteiger partial charge is 0.280 e. The summed E-state index contributed by atoms with van der Waals surface area (Å²) in [5.41, 5.74) is 0.832. The highest BCUT2D eigenvalue weighted by molar-refractivity contribution is 5.17. The molecule has 0 saturated heterocycles. The molecule has 0 saturated carbocycles. The molecule has 0 aliphatic heterocycles. The molecule has 12 heavy (non-hydrogen) atoms. The summed E-state index contributed by atoms with van der Waals surface area (Å²) >= 11 is 0. The van der Waals surface area contributed by atoms with Gasteiger partial charge in [0.1, 0.15) is 5.69 Å². The van der Waals surface area contributed by atoms with E-state index >= 15 is 0 Å². The van der Waals surface area contributed by atoms with Crippen LogP contribution in [0.25, 0.3) is 0 Å². The van der Waals surface area contributed by atoms with Crippen LogP contribution in [0.4, 0.5) is 8.78 Å². The van der Waals surface area contributed by atoms with Gasteiger partial charge in [0, 0.05) is 6.20 Å². The third-order valence-electron chi connectivity index (χ3n) is 1.70. The summed E-state index contributed by atoms with van der Waals surface area (Å²) in [6.07, 6.45) is -0.960. The van der Waals surface area contributed by atoms with Crippen LogP contribution in [0.5, 0.6) is 0 Å². The fourth-order valence-corrected chi connectivity index (χ4v) is 0.887. The number of nitrogens with zero attached hydrogens (tertiary/aromatic N) is 1. The van der Waals surface area contributed by atoms with Crippen molar-refractivity contribution in [3.63, 3.8) is 0 Å². The molecule has 66 valence electrons. The van der Waals surface area contributed by atoms with Gasteiger partial charge in [-0.05, 0) is 17.5 Å². The molecule has 0 aromatic carbocycles. The number of pyridine rings is 1. The highest BCUT2D eigenvalue weighted by atomic mass is 19.3. The lowest BCUT2D eigenvalue weighted by Crippen LogP contribution is -1.93. The van der Waals surface area contributed by atoms with Crippen LogP contribution in [0.3, 0.4) is 0 Å². The summed E-state index contributed by atoms with van der Waals surface area (Å²) in [7, 11) is 0. The Bertz CT molecular complexity index is 214. The molecule has 1 aromatic heterocycles. The van der Waals surface area contributed by atoms with Gasteiger partial charge in [-0.15, -0.1) is 0 Å². The van der Waals surface area contributed by atoms with Crippen molar-refractivity contribution in [1.82, 2.24) is 4.98 Å². The molecule has 1 heterocycles. The molecule has 0 aliphatic rings. The van der Waals surface area contributed by atoms with Gasteiger partial charge in [0.15, 0.2) is 0 Å². The second-order valence-electron chi connectivity index (χ2n) is 2.97. The Morgan fingerprint density at radius 2 is 1.92 bits per heavy atom. The maximum absolute atomic E-state index is 12.0. The summed E-state index contributed by atoms with van der Waals surface area (Å²) in [5.74, 6) is 0.337. The molecule has 0 bridgehead atoms. The van der Waals surface area contributed by atoms with Crippen molar-refractivity contribution in [2.45, 2.75) is 26.2 Å². The summed E-state index contributed by atoms with van der Waals surface area (Å²) < 4.78 is 24.1.